The summed E-state index contributed by atoms with van der Waals surface area (Å²) in [6.45, 7) is 6.86. The van der Waals surface area contributed by atoms with E-state index in [1.807, 2.05) is 39.0 Å². The number of nitrogens with zero attached hydrogens (tertiary/aromatic N) is 1. The Balaban J connectivity index is 2.26. The Bertz CT molecular complexity index is 545. The van der Waals surface area contributed by atoms with Gasteiger partial charge in [-0.1, -0.05) is 0 Å². The molecule has 0 radical (unpaired) electrons. The number of benzene rings is 1. The molecule has 23 heavy (non-hydrogen) atoms. The minimum atomic E-state index is -0.166. The van der Waals surface area contributed by atoms with E-state index in [1.165, 1.54) is 0 Å². The zero-order valence-electron chi connectivity index (χ0n) is 14.8. The predicted molar refractivity (Wildman–Crippen MR) is 91.0 cm³/mol. The molecule has 0 spiro atoms. The van der Waals surface area contributed by atoms with Gasteiger partial charge < -0.3 is 14.8 Å². The molecule has 1 amide bonds. The topological polar surface area (TPSA) is 50.8 Å². The third-order valence-corrected chi connectivity index (χ3v) is 4.40. The van der Waals surface area contributed by atoms with Gasteiger partial charge in [-0.25, -0.2) is 0 Å². The van der Waals surface area contributed by atoms with Gasteiger partial charge in [-0.05, 0) is 58.4 Å². The lowest BCUT2D eigenvalue weighted by Gasteiger charge is -2.31. The molecular weight excluding hydrogens is 292 g/mol. The number of methoxy groups -OCH3 is 2. The summed E-state index contributed by atoms with van der Waals surface area (Å²) >= 11 is 0. The molecular formula is C18H28N2O3. The summed E-state index contributed by atoms with van der Waals surface area (Å²) in [5.41, 5.74) is 1.09. The van der Waals surface area contributed by atoms with E-state index in [2.05, 4.69) is 10.2 Å². The maximum atomic E-state index is 12.4. The fourth-order valence-electron chi connectivity index (χ4n) is 3.24. The zero-order chi connectivity index (χ0) is 17.0. The molecule has 1 saturated heterocycles. The highest BCUT2D eigenvalue weighted by molar-refractivity contribution is 5.81. The molecule has 0 aromatic heterocycles. The third kappa shape index (κ3) is 3.96. The van der Waals surface area contributed by atoms with Crippen LogP contribution in [0.15, 0.2) is 18.2 Å². The molecule has 5 nitrogen and oxygen atoms in total. The Morgan fingerprint density at radius 2 is 2.00 bits per heavy atom. The van der Waals surface area contributed by atoms with E-state index in [9.17, 15) is 4.79 Å². The van der Waals surface area contributed by atoms with E-state index >= 15 is 0 Å². The molecule has 5 heteroatoms. The Labute approximate surface area is 139 Å². The number of ether oxygens (including phenoxy) is 2. The Morgan fingerprint density at radius 1 is 1.26 bits per heavy atom. The van der Waals surface area contributed by atoms with Gasteiger partial charge in [0.05, 0.1) is 20.3 Å². The Kier molecular flexibility index (Phi) is 5.88. The van der Waals surface area contributed by atoms with Gasteiger partial charge in [0.1, 0.15) is 11.5 Å². The normalized spacial score (nSPS) is 19.7. The summed E-state index contributed by atoms with van der Waals surface area (Å²) in [7, 11) is 3.34. The van der Waals surface area contributed by atoms with Crippen molar-refractivity contribution in [2.75, 3.05) is 20.8 Å². The maximum Gasteiger partial charge on any atom is 0.237 e. The molecule has 128 valence electrons. The molecule has 1 N–H and O–H groups in total. The highest BCUT2D eigenvalue weighted by Crippen LogP contribution is 2.39. The van der Waals surface area contributed by atoms with Crippen LogP contribution >= 0.6 is 0 Å². The number of nitrogens with one attached hydrogen (secondary N) is 1. The van der Waals surface area contributed by atoms with Crippen molar-refractivity contribution in [3.63, 3.8) is 0 Å². The number of likely N-dealkylation sites (tertiary alicyclic amines) is 1. The zero-order valence-corrected chi connectivity index (χ0v) is 14.8. The van der Waals surface area contributed by atoms with Crippen LogP contribution in [0.25, 0.3) is 0 Å². The first-order valence-corrected chi connectivity index (χ1v) is 8.26. The first-order chi connectivity index (χ1) is 11.0. The SMILES string of the molecule is COc1ccc(OC)c([C@H]2CCCN2[C@H](C)C(=O)NC(C)C)c1. The average Bonchev–Trinajstić information content (AvgIpc) is 3.02. The largest absolute Gasteiger partial charge is 0.497 e. The van der Waals surface area contributed by atoms with Gasteiger partial charge in [0.2, 0.25) is 5.91 Å². The van der Waals surface area contributed by atoms with Crippen molar-refractivity contribution in [1.29, 1.82) is 0 Å². The summed E-state index contributed by atoms with van der Waals surface area (Å²) in [5, 5.41) is 3.01. The van der Waals surface area contributed by atoms with Crippen LogP contribution in [0.4, 0.5) is 0 Å². The monoisotopic (exact) mass is 320 g/mol. The molecule has 1 aromatic carbocycles. The molecule has 1 fully saturated rings. The van der Waals surface area contributed by atoms with Crippen molar-refractivity contribution >= 4 is 5.91 Å². The average molecular weight is 320 g/mol. The molecule has 2 atom stereocenters. The summed E-state index contributed by atoms with van der Waals surface area (Å²) in [4.78, 5) is 14.6. The van der Waals surface area contributed by atoms with Crippen molar-refractivity contribution in [3.05, 3.63) is 23.8 Å². The van der Waals surface area contributed by atoms with Gasteiger partial charge >= 0.3 is 0 Å². The lowest BCUT2D eigenvalue weighted by atomic mass is 10.0. The van der Waals surface area contributed by atoms with Crippen LogP contribution < -0.4 is 14.8 Å². The molecule has 1 aliphatic heterocycles. The fourth-order valence-corrected chi connectivity index (χ4v) is 3.24. The van der Waals surface area contributed by atoms with E-state index in [0.29, 0.717) is 0 Å². The number of carbonyl (C=O) groups excluding carboxylic acids is 1. The van der Waals surface area contributed by atoms with Crippen molar-refractivity contribution in [2.45, 2.75) is 51.7 Å². The molecule has 0 aliphatic carbocycles. The number of hydrogen-bond acceptors (Lipinski definition) is 4. The van der Waals surface area contributed by atoms with Crippen molar-refractivity contribution < 1.29 is 14.3 Å². The summed E-state index contributed by atoms with van der Waals surface area (Å²) in [6, 6.07) is 6.01. The predicted octanol–water partition coefficient (Wildman–Crippen LogP) is 2.75. The molecule has 1 aromatic rings. The van der Waals surface area contributed by atoms with Gasteiger partial charge in [-0.2, -0.15) is 0 Å². The molecule has 0 saturated carbocycles. The van der Waals surface area contributed by atoms with Gasteiger partial charge in [-0.15, -0.1) is 0 Å². The number of carbonyl (C=O) groups is 1. The number of hydrogen-bond donors (Lipinski definition) is 1. The van der Waals surface area contributed by atoms with Crippen LogP contribution in [0.3, 0.4) is 0 Å². The second-order valence-corrected chi connectivity index (χ2v) is 6.34. The fraction of sp³-hybridized carbons (Fsp3) is 0.611. The number of amides is 1. The van der Waals surface area contributed by atoms with Crippen molar-refractivity contribution in [3.8, 4) is 11.5 Å². The number of rotatable bonds is 6. The van der Waals surface area contributed by atoms with Crippen LogP contribution in [-0.2, 0) is 4.79 Å². The summed E-state index contributed by atoms with van der Waals surface area (Å²) in [6.07, 6.45) is 2.09. The standard InChI is InChI=1S/C18H28N2O3/c1-12(2)19-18(21)13(3)20-10-6-7-16(20)15-11-14(22-4)8-9-17(15)23-5/h8-9,11-13,16H,6-7,10H2,1-5H3,(H,19,21)/t13-,16-/m1/s1. The summed E-state index contributed by atoms with van der Waals surface area (Å²) < 4.78 is 10.9. The van der Waals surface area contributed by atoms with E-state index in [-0.39, 0.29) is 24.0 Å². The summed E-state index contributed by atoms with van der Waals surface area (Å²) in [5.74, 6) is 1.74. The lowest BCUT2D eigenvalue weighted by Crippen LogP contribution is -2.46. The maximum absolute atomic E-state index is 12.4. The smallest absolute Gasteiger partial charge is 0.237 e. The second-order valence-electron chi connectivity index (χ2n) is 6.34. The molecule has 0 bridgehead atoms. The van der Waals surface area contributed by atoms with Gasteiger partial charge in [-0.3, -0.25) is 9.69 Å². The highest BCUT2D eigenvalue weighted by Gasteiger charge is 2.34. The van der Waals surface area contributed by atoms with Crippen LogP contribution in [0, 0.1) is 0 Å². The quantitative estimate of drug-likeness (QED) is 0.875. The Morgan fingerprint density at radius 3 is 2.61 bits per heavy atom. The van der Waals surface area contributed by atoms with E-state index in [4.69, 9.17) is 9.47 Å². The van der Waals surface area contributed by atoms with Crippen LogP contribution in [0.5, 0.6) is 11.5 Å². The van der Waals surface area contributed by atoms with Gasteiger partial charge in [0, 0.05) is 17.6 Å². The van der Waals surface area contributed by atoms with E-state index in [1.54, 1.807) is 14.2 Å². The molecule has 2 rings (SSSR count). The highest BCUT2D eigenvalue weighted by atomic mass is 16.5. The first-order valence-electron chi connectivity index (χ1n) is 8.26. The van der Waals surface area contributed by atoms with E-state index < -0.39 is 0 Å². The van der Waals surface area contributed by atoms with Gasteiger partial charge in [0.25, 0.3) is 0 Å². The molecule has 1 heterocycles. The van der Waals surface area contributed by atoms with Crippen molar-refractivity contribution in [1.82, 2.24) is 10.2 Å². The van der Waals surface area contributed by atoms with Crippen LogP contribution in [0.2, 0.25) is 0 Å². The minimum Gasteiger partial charge on any atom is -0.497 e. The van der Waals surface area contributed by atoms with Crippen LogP contribution in [-0.4, -0.2) is 43.7 Å². The molecule has 1 aliphatic rings. The van der Waals surface area contributed by atoms with Crippen LogP contribution in [0.1, 0.15) is 45.2 Å². The van der Waals surface area contributed by atoms with Gasteiger partial charge in [0.15, 0.2) is 0 Å². The second kappa shape index (κ2) is 7.68. The Hall–Kier alpha value is -1.75. The molecule has 0 unspecified atom stereocenters. The van der Waals surface area contributed by atoms with E-state index in [0.717, 1.165) is 36.4 Å². The first kappa shape index (κ1) is 17.6. The lowest BCUT2D eigenvalue weighted by molar-refractivity contribution is -0.126. The van der Waals surface area contributed by atoms with Crippen molar-refractivity contribution in [2.24, 2.45) is 0 Å². The minimum absolute atomic E-state index is 0.0776. The third-order valence-electron chi connectivity index (χ3n) is 4.40.